The Morgan fingerprint density at radius 1 is 0.927 bits per heavy atom. The minimum Gasteiger partial charge on any atom is -0.472 e. The van der Waals surface area contributed by atoms with Gasteiger partial charge in [-0.05, 0) is 63.0 Å². The van der Waals surface area contributed by atoms with Crippen molar-refractivity contribution < 1.29 is 67.4 Å². The van der Waals surface area contributed by atoms with E-state index in [4.69, 9.17) is 28.1 Å². The highest BCUT2D eigenvalue weighted by Gasteiger charge is 2.74. The largest absolute Gasteiger partial charge is 0.472 e. The lowest BCUT2D eigenvalue weighted by molar-refractivity contribution is -0.247. The molecule has 14 nitrogen and oxygen atoms in total. The second kappa shape index (κ2) is 15.0. The number of carbonyl (C=O) groups excluding carboxylic acids is 5. The fraction of sp³-hybridized carbons (Fsp3) is 0.732. The standard InChI is InChI=1S/C41H58O14/c1-11-37(6,49)34(46)36(48)51-20-38(7)27-16-30(54-35(47)33(45)21(2)3)40(9)26-13-12-25(24-14-15-50-19-24)39(26,8)29(52-22(4)42)17-28(40)41(27,10)31(53-23(5)43)18-32(44)55-38/h13-15,19,21,25,27-31,33-34,45-46,49H,11-12,16-18,20H2,1-10H3. The molecule has 13 unspecified atom stereocenters. The quantitative estimate of drug-likeness (QED) is 0.163. The summed E-state index contributed by atoms with van der Waals surface area (Å²) in [6, 6.07) is 1.87. The predicted molar refractivity (Wildman–Crippen MR) is 194 cm³/mol. The molecule has 13 atom stereocenters. The molecular weight excluding hydrogens is 716 g/mol. The summed E-state index contributed by atoms with van der Waals surface area (Å²) >= 11 is 0. The molecule has 0 radical (unpaired) electrons. The number of allylic oxidation sites excluding steroid dienone is 1. The average molecular weight is 775 g/mol. The Morgan fingerprint density at radius 3 is 2.09 bits per heavy atom. The molecule has 1 aromatic rings. The third-order valence-electron chi connectivity index (χ3n) is 13.8. The van der Waals surface area contributed by atoms with Crippen molar-refractivity contribution in [3.63, 3.8) is 0 Å². The van der Waals surface area contributed by atoms with Crippen LogP contribution in [-0.2, 0) is 47.7 Å². The number of hydrogen-bond donors (Lipinski definition) is 3. The van der Waals surface area contributed by atoms with Gasteiger partial charge in [-0.15, -0.1) is 0 Å². The molecule has 1 aromatic heterocycles. The fourth-order valence-corrected chi connectivity index (χ4v) is 10.5. The van der Waals surface area contributed by atoms with E-state index in [9.17, 15) is 39.3 Å². The van der Waals surface area contributed by atoms with Crippen molar-refractivity contribution >= 4 is 29.8 Å². The van der Waals surface area contributed by atoms with Crippen molar-refractivity contribution in [2.75, 3.05) is 6.61 Å². The number of aliphatic hydroxyl groups excluding tert-OH is 2. The van der Waals surface area contributed by atoms with E-state index >= 15 is 0 Å². The Balaban J connectivity index is 1.73. The van der Waals surface area contributed by atoms with E-state index in [0.29, 0.717) is 6.42 Å². The Hall–Kier alpha value is -3.75. The van der Waals surface area contributed by atoms with E-state index in [1.807, 2.05) is 26.8 Å². The van der Waals surface area contributed by atoms with Crippen LogP contribution >= 0.6 is 0 Å². The SMILES string of the molecule is CCC(C)(O)C(O)C(=O)OCC1(C)OC(=O)CC(OC(C)=O)C2(C)C1CC(OC(=O)C(O)C(C)C)C1(C)C3=CCC(c4ccoc4)C3(C)C(OC(C)=O)CC12. The number of carbonyl (C=O) groups is 5. The van der Waals surface area contributed by atoms with Gasteiger partial charge in [0, 0.05) is 41.9 Å². The van der Waals surface area contributed by atoms with Crippen LogP contribution in [0.4, 0.5) is 0 Å². The monoisotopic (exact) mass is 774 g/mol. The minimum atomic E-state index is -1.92. The maximum atomic E-state index is 13.8. The first-order valence-electron chi connectivity index (χ1n) is 19.2. The Bertz CT molecular complexity index is 1680. The van der Waals surface area contributed by atoms with Crippen molar-refractivity contribution in [2.45, 2.75) is 149 Å². The van der Waals surface area contributed by atoms with Crippen LogP contribution in [0.25, 0.3) is 0 Å². The molecular formula is C41H58O14. The molecule has 14 heteroatoms. The van der Waals surface area contributed by atoms with Crippen LogP contribution in [-0.4, -0.2) is 93.5 Å². The van der Waals surface area contributed by atoms with Gasteiger partial charge in [-0.1, -0.05) is 53.2 Å². The number of esters is 5. The highest BCUT2D eigenvalue weighted by Crippen LogP contribution is 2.73. The maximum absolute atomic E-state index is 13.8. The van der Waals surface area contributed by atoms with Gasteiger partial charge in [-0.2, -0.15) is 0 Å². The molecule has 306 valence electrons. The zero-order valence-electron chi connectivity index (χ0n) is 33.6. The average Bonchev–Trinajstić information content (AvgIpc) is 3.75. The van der Waals surface area contributed by atoms with Crippen LogP contribution in [0.1, 0.15) is 113 Å². The zero-order chi connectivity index (χ0) is 41.1. The van der Waals surface area contributed by atoms with Gasteiger partial charge < -0.3 is 43.4 Å². The fourth-order valence-electron chi connectivity index (χ4n) is 10.5. The third-order valence-corrected chi connectivity index (χ3v) is 13.8. The first-order valence-corrected chi connectivity index (χ1v) is 19.2. The summed E-state index contributed by atoms with van der Waals surface area (Å²) in [5.74, 6) is -6.09. The van der Waals surface area contributed by atoms with Crippen LogP contribution in [0.2, 0.25) is 0 Å². The Labute approximate surface area is 322 Å². The molecule has 5 rings (SSSR count). The summed E-state index contributed by atoms with van der Waals surface area (Å²) in [5, 5.41) is 32.3. The molecule has 55 heavy (non-hydrogen) atoms. The van der Waals surface area contributed by atoms with Crippen LogP contribution in [0.15, 0.2) is 34.7 Å². The molecule has 3 fully saturated rings. The summed E-state index contributed by atoms with van der Waals surface area (Å²) in [4.78, 5) is 66.6. The van der Waals surface area contributed by atoms with E-state index in [-0.39, 0.29) is 31.6 Å². The van der Waals surface area contributed by atoms with Crippen LogP contribution < -0.4 is 0 Å². The van der Waals surface area contributed by atoms with Crippen molar-refractivity contribution in [3.8, 4) is 0 Å². The number of aliphatic hydroxyl groups is 3. The van der Waals surface area contributed by atoms with Gasteiger partial charge in [0.2, 0.25) is 0 Å². The molecule has 3 aliphatic carbocycles. The van der Waals surface area contributed by atoms with E-state index in [1.165, 1.54) is 20.8 Å². The second-order valence-electron chi connectivity index (χ2n) is 17.5. The van der Waals surface area contributed by atoms with Crippen molar-refractivity contribution in [1.82, 2.24) is 0 Å². The van der Waals surface area contributed by atoms with Gasteiger partial charge in [0.1, 0.15) is 30.5 Å². The Kier molecular flexibility index (Phi) is 11.5. The highest BCUT2D eigenvalue weighted by molar-refractivity contribution is 5.77. The van der Waals surface area contributed by atoms with Gasteiger partial charge in [0.15, 0.2) is 12.2 Å². The highest BCUT2D eigenvalue weighted by atomic mass is 16.6. The molecule has 2 saturated carbocycles. The van der Waals surface area contributed by atoms with Crippen molar-refractivity contribution in [3.05, 3.63) is 35.8 Å². The molecule has 3 N–H and O–H groups in total. The van der Waals surface area contributed by atoms with Crippen molar-refractivity contribution in [2.24, 2.45) is 34.0 Å². The first kappa shape index (κ1) is 42.4. The van der Waals surface area contributed by atoms with E-state index in [0.717, 1.165) is 11.1 Å². The second-order valence-corrected chi connectivity index (χ2v) is 17.5. The summed E-state index contributed by atoms with van der Waals surface area (Å²) in [7, 11) is 0. The van der Waals surface area contributed by atoms with Gasteiger partial charge in [0.05, 0.1) is 24.5 Å². The van der Waals surface area contributed by atoms with E-state index in [2.05, 4.69) is 6.08 Å². The van der Waals surface area contributed by atoms with Crippen LogP contribution in [0.5, 0.6) is 0 Å². The summed E-state index contributed by atoms with van der Waals surface area (Å²) < 4.78 is 35.9. The smallest absolute Gasteiger partial charge is 0.338 e. The number of hydrogen-bond acceptors (Lipinski definition) is 14. The number of fused-ring (bicyclic) bond motifs is 5. The number of furan rings is 1. The molecule has 0 spiro atoms. The first-order chi connectivity index (χ1) is 25.5. The lowest BCUT2D eigenvalue weighted by Gasteiger charge is -2.67. The van der Waals surface area contributed by atoms with Gasteiger partial charge in [0.25, 0.3) is 0 Å². The van der Waals surface area contributed by atoms with E-state index < -0.39 is 112 Å². The predicted octanol–water partition coefficient (Wildman–Crippen LogP) is 4.31. The number of cyclic esters (lactones) is 1. The van der Waals surface area contributed by atoms with Gasteiger partial charge >= 0.3 is 29.8 Å². The maximum Gasteiger partial charge on any atom is 0.338 e. The van der Waals surface area contributed by atoms with Crippen LogP contribution in [0.3, 0.4) is 0 Å². The third kappa shape index (κ3) is 7.11. The van der Waals surface area contributed by atoms with Crippen LogP contribution in [0, 0.1) is 34.0 Å². The topological polar surface area (TPSA) is 205 Å². The van der Waals surface area contributed by atoms with Gasteiger partial charge in [-0.25, -0.2) is 9.59 Å². The van der Waals surface area contributed by atoms with Crippen molar-refractivity contribution in [1.29, 1.82) is 0 Å². The minimum absolute atomic E-state index is 0.00356. The molecule has 2 heterocycles. The molecule has 1 saturated heterocycles. The van der Waals surface area contributed by atoms with Gasteiger partial charge in [-0.3, -0.25) is 14.4 Å². The number of ether oxygens (including phenoxy) is 5. The summed E-state index contributed by atoms with van der Waals surface area (Å²) in [5.41, 5.74) is -4.86. The Morgan fingerprint density at radius 2 is 1.53 bits per heavy atom. The zero-order valence-corrected chi connectivity index (χ0v) is 33.6. The summed E-state index contributed by atoms with van der Waals surface area (Å²) in [6.45, 7) is 15.7. The summed E-state index contributed by atoms with van der Waals surface area (Å²) in [6.07, 6.45) is -0.500. The normalized spacial score (nSPS) is 37.7. The molecule has 0 aromatic carbocycles. The van der Waals surface area contributed by atoms with E-state index in [1.54, 1.807) is 40.2 Å². The lowest BCUT2D eigenvalue weighted by atomic mass is 9.39. The molecule has 1 aliphatic heterocycles. The number of rotatable bonds is 11. The molecule has 0 bridgehead atoms. The molecule has 4 aliphatic rings. The lowest BCUT2D eigenvalue weighted by Crippen LogP contribution is -2.70. The molecule has 0 amide bonds.